The van der Waals surface area contributed by atoms with Crippen molar-refractivity contribution in [1.82, 2.24) is 14.7 Å². The van der Waals surface area contributed by atoms with E-state index >= 15 is 0 Å². The fourth-order valence-corrected chi connectivity index (χ4v) is 7.35. The normalized spacial score (nSPS) is 21.8. The molecular weight excluding hydrogens is 526 g/mol. The number of hydrogen-bond acceptors (Lipinski definition) is 6. The maximum absolute atomic E-state index is 12.6. The Bertz CT molecular complexity index is 1220. The van der Waals surface area contributed by atoms with Crippen LogP contribution in [0, 0.1) is 5.41 Å². The zero-order valence-corrected chi connectivity index (χ0v) is 26.8. The smallest absolute Gasteiger partial charge is 0.410 e. The zero-order chi connectivity index (χ0) is 30.1. The molecule has 0 radical (unpaired) electrons. The van der Waals surface area contributed by atoms with E-state index in [1.54, 1.807) is 14.2 Å². The number of nitrogens with zero attached hydrogens (tertiary/aromatic N) is 3. The van der Waals surface area contributed by atoms with E-state index in [0.717, 1.165) is 63.6 Å². The molecule has 230 valence electrons. The molecule has 1 aliphatic carbocycles. The van der Waals surface area contributed by atoms with Gasteiger partial charge in [-0.1, -0.05) is 44.2 Å². The Labute approximate surface area is 253 Å². The molecule has 7 heteroatoms. The Balaban J connectivity index is 1.29. The number of carbonyl (C=O) groups excluding carboxylic acids is 1. The van der Waals surface area contributed by atoms with Gasteiger partial charge < -0.3 is 19.1 Å². The van der Waals surface area contributed by atoms with Crippen molar-refractivity contribution in [2.75, 3.05) is 46.9 Å². The van der Waals surface area contributed by atoms with E-state index < -0.39 is 5.60 Å². The molecule has 0 N–H and O–H groups in total. The first-order valence-corrected chi connectivity index (χ1v) is 15.8. The summed E-state index contributed by atoms with van der Waals surface area (Å²) >= 11 is 0. The van der Waals surface area contributed by atoms with Crippen molar-refractivity contribution in [3.63, 3.8) is 0 Å². The lowest BCUT2D eigenvalue weighted by atomic mass is 9.59. The number of methoxy groups -OCH3 is 2. The van der Waals surface area contributed by atoms with Crippen molar-refractivity contribution in [1.29, 1.82) is 0 Å². The van der Waals surface area contributed by atoms with Crippen molar-refractivity contribution < 1.29 is 19.0 Å². The van der Waals surface area contributed by atoms with Crippen molar-refractivity contribution in [2.24, 2.45) is 5.41 Å². The molecule has 7 nitrogen and oxygen atoms in total. The first-order chi connectivity index (χ1) is 20.0. The topological polar surface area (TPSA) is 54.5 Å². The molecule has 42 heavy (non-hydrogen) atoms. The predicted octanol–water partition coefficient (Wildman–Crippen LogP) is 6.87. The van der Waals surface area contributed by atoms with Gasteiger partial charge in [0.15, 0.2) is 0 Å². The highest BCUT2D eigenvalue weighted by molar-refractivity contribution is 5.68. The van der Waals surface area contributed by atoms with Crippen LogP contribution in [0.15, 0.2) is 42.5 Å². The van der Waals surface area contributed by atoms with Gasteiger partial charge in [-0.3, -0.25) is 9.80 Å². The van der Waals surface area contributed by atoms with Crippen LogP contribution in [-0.2, 0) is 11.3 Å². The van der Waals surface area contributed by atoms with E-state index in [0.29, 0.717) is 23.4 Å². The molecule has 3 aliphatic rings. The lowest BCUT2D eigenvalue weighted by Crippen LogP contribution is -2.60. The van der Waals surface area contributed by atoms with E-state index in [2.05, 4.69) is 54.0 Å². The number of rotatable bonds is 7. The molecule has 3 fully saturated rings. The minimum Gasteiger partial charge on any atom is -0.497 e. The Hall–Kier alpha value is -2.77. The number of likely N-dealkylation sites (tertiary alicyclic amines) is 1. The summed E-state index contributed by atoms with van der Waals surface area (Å²) in [5.74, 6) is 2.18. The molecule has 2 heterocycles. The van der Waals surface area contributed by atoms with E-state index in [1.165, 1.54) is 29.5 Å². The third kappa shape index (κ3) is 6.73. The van der Waals surface area contributed by atoms with E-state index in [4.69, 9.17) is 14.2 Å². The minimum atomic E-state index is -0.449. The summed E-state index contributed by atoms with van der Waals surface area (Å²) in [7, 11) is 3.43. The first kappa shape index (κ1) is 30.7. The quantitative estimate of drug-likeness (QED) is 0.358. The Kier molecular flexibility index (Phi) is 9.10. The van der Waals surface area contributed by atoms with Crippen molar-refractivity contribution in [2.45, 2.75) is 90.4 Å². The Morgan fingerprint density at radius 1 is 0.976 bits per heavy atom. The average Bonchev–Trinajstić information content (AvgIpc) is 2.95. The number of hydrogen-bond donors (Lipinski definition) is 0. The van der Waals surface area contributed by atoms with Crippen LogP contribution in [0.25, 0.3) is 0 Å². The second kappa shape index (κ2) is 12.5. The molecule has 0 bridgehead atoms. The van der Waals surface area contributed by atoms with Crippen molar-refractivity contribution >= 4 is 6.09 Å². The second-order valence-electron chi connectivity index (χ2n) is 14.0. The number of amides is 1. The van der Waals surface area contributed by atoms with Crippen LogP contribution >= 0.6 is 0 Å². The van der Waals surface area contributed by atoms with Crippen LogP contribution in [0.5, 0.6) is 11.5 Å². The molecule has 2 saturated heterocycles. The molecule has 1 saturated carbocycles. The molecule has 1 unspecified atom stereocenters. The average molecular weight is 578 g/mol. The molecule has 1 amide bonds. The van der Waals surface area contributed by atoms with Gasteiger partial charge in [-0.25, -0.2) is 4.79 Å². The van der Waals surface area contributed by atoms with Crippen molar-refractivity contribution in [3.05, 3.63) is 59.2 Å². The molecule has 2 aliphatic heterocycles. The van der Waals surface area contributed by atoms with Crippen LogP contribution in [0.1, 0.15) is 89.0 Å². The summed E-state index contributed by atoms with van der Waals surface area (Å²) in [6.07, 6.45) is 4.44. The van der Waals surface area contributed by atoms with E-state index in [1.807, 2.05) is 37.8 Å². The van der Waals surface area contributed by atoms with Crippen LogP contribution in [0.3, 0.4) is 0 Å². The summed E-state index contributed by atoms with van der Waals surface area (Å²) in [5, 5.41) is 0. The third-order valence-corrected chi connectivity index (χ3v) is 9.65. The highest BCUT2D eigenvalue weighted by atomic mass is 16.6. The van der Waals surface area contributed by atoms with Gasteiger partial charge in [-0.15, -0.1) is 0 Å². The number of benzene rings is 2. The van der Waals surface area contributed by atoms with Gasteiger partial charge in [0.05, 0.1) is 14.2 Å². The molecular formula is C35H51N3O4. The third-order valence-electron chi connectivity index (χ3n) is 9.65. The number of piperidine rings is 1. The summed E-state index contributed by atoms with van der Waals surface area (Å²) < 4.78 is 16.8. The highest BCUT2D eigenvalue weighted by Gasteiger charge is 2.50. The number of ether oxygens (including phenoxy) is 3. The summed E-state index contributed by atoms with van der Waals surface area (Å²) in [6, 6.07) is 16.2. The zero-order valence-electron chi connectivity index (χ0n) is 26.8. The van der Waals surface area contributed by atoms with Gasteiger partial charge in [-0.2, -0.15) is 0 Å². The number of piperazine rings is 1. The van der Waals surface area contributed by atoms with Gasteiger partial charge >= 0.3 is 6.09 Å². The molecule has 2 aromatic rings. The lowest BCUT2D eigenvalue weighted by Gasteiger charge is -2.58. The fourth-order valence-electron chi connectivity index (χ4n) is 7.35. The molecule has 1 atom stereocenters. The minimum absolute atomic E-state index is 0.164. The highest BCUT2D eigenvalue weighted by Crippen LogP contribution is 2.53. The summed E-state index contributed by atoms with van der Waals surface area (Å²) in [4.78, 5) is 20.0. The van der Waals surface area contributed by atoms with Crippen LogP contribution in [0.2, 0.25) is 0 Å². The van der Waals surface area contributed by atoms with Gasteiger partial charge in [0.2, 0.25) is 0 Å². The van der Waals surface area contributed by atoms with Gasteiger partial charge in [0.1, 0.15) is 17.1 Å². The fraction of sp³-hybridized carbons (Fsp3) is 0.629. The predicted molar refractivity (Wildman–Crippen MR) is 167 cm³/mol. The lowest BCUT2D eigenvalue weighted by molar-refractivity contribution is -0.0783. The maximum atomic E-state index is 12.6. The van der Waals surface area contributed by atoms with Gasteiger partial charge in [0.25, 0.3) is 0 Å². The standard InChI is InChI=1S/C35H51N3O4/c1-25(2)29-10-8-9-11-30(29)31-24-36(23-26-12-13-28(40-6)20-32(26)41-7)18-19-38(31)27-21-35(22-27)14-16-37(17-15-35)33(39)42-34(3,4)5/h8-13,20,25,27,31H,14-19,21-24H2,1-7H3. The molecule has 5 rings (SSSR count). The molecule has 1 spiro atoms. The maximum Gasteiger partial charge on any atom is 0.410 e. The number of carbonyl (C=O) groups is 1. The van der Waals surface area contributed by atoms with Crippen molar-refractivity contribution in [3.8, 4) is 11.5 Å². The second-order valence-corrected chi connectivity index (χ2v) is 14.0. The van der Waals surface area contributed by atoms with Gasteiger partial charge in [-0.05, 0) is 75.0 Å². The van der Waals surface area contributed by atoms with Crippen LogP contribution in [-0.4, -0.2) is 79.4 Å². The SMILES string of the molecule is COc1ccc(CN2CCN(C3CC4(CCN(C(=O)OC(C)(C)C)CC4)C3)C(c3ccccc3C(C)C)C2)c(OC)c1. The van der Waals surface area contributed by atoms with E-state index in [-0.39, 0.29) is 6.09 Å². The Morgan fingerprint density at radius 3 is 2.33 bits per heavy atom. The monoisotopic (exact) mass is 577 g/mol. The summed E-state index contributed by atoms with van der Waals surface area (Å²) in [6.45, 7) is 16.0. The van der Waals surface area contributed by atoms with Crippen LogP contribution < -0.4 is 9.47 Å². The molecule has 0 aromatic heterocycles. The van der Waals surface area contributed by atoms with Gasteiger partial charge in [0, 0.05) is 63.0 Å². The van der Waals surface area contributed by atoms with Crippen LogP contribution in [0.4, 0.5) is 4.79 Å². The Morgan fingerprint density at radius 2 is 1.69 bits per heavy atom. The largest absolute Gasteiger partial charge is 0.497 e. The molecule has 2 aromatic carbocycles. The summed E-state index contributed by atoms with van der Waals surface area (Å²) in [5.41, 5.74) is 4.03. The first-order valence-electron chi connectivity index (χ1n) is 15.8. The van der Waals surface area contributed by atoms with E-state index in [9.17, 15) is 4.79 Å².